The van der Waals surface area contributed by atoms with Crippen LogP contribution < -0.4 is 4.74 Å². The summed E-state index contributed by atoms with van der Waals surface area (Å²) in [6, 6.07) is 13.7. The van der Waals surface area contributed by atoms with Gasteiger partial charge >= 0.3 is 0 Å². The lowest BCUT2D eigenvalue weighted by Gasteiger charge is -2.42. The maximum atomic E-state index is 6.71. The fourth-order valence-electron chi connectivity index (χ4n) is 5.42. The van der Waals surface area contributed by atoms with Crippen LogP contribution in [-0.2, 0) is 20.6 Å². The van der Waals surface area contributed by atoms with Crippen molar-refractivity contribution in [2.45, 2.75) is 122 Å². The Hall–Kier alpha value is -1.53. The van der Waals surface area contributed by atoms with Gasteiger partial charge in [-0.05, 0) is 73.3 Å². The number of hydrogen-bond acceptors (Lipinski definition) is 5. The summed E-state index contributed by atoms with van der Waals surface area (Å²) in [5.41, 5.74) is 6.55. The molecule has 1 aliphatic heterocycles. The molecule has 4 atom stereocenters. The number of hydrogen-bond donors (Lipinski definition) is 0. The summed E-state index contributed by atoms with van der Waals surface area (Å²) in [6.45, 7) is 16.5. The van der Waals surface area contributed by atoms with E-state index in [1.54, 1.807) is 7.11 Å². The Morgan fingerprint density at radius 1 is 0.878 bits per heavy atom. The second-order valence-electron chi connectivity index (χ2n) is 11.9. The van der Waals surface area contributed by atoms with Crippen molar-refractivity contribution in [2.24, 2.45) is 0 Å². The molecule has 0 radical (unpaired) electrons. The van der Waals surface area contributed by atoms with E-state index in [1.165, 1.54) is 27.8 Å². The van der Waals surface area contributed by atoms with Gasteiger partial charge in [0.25, 0.3) is 0 Å². The first kappa shape index (κ1) is 34.0. The normalized spacial score (nSPS) is 21.0. The average molecular weight is 585 g/mol. The summed E-state index contributed by atoms with van der Waals surface area (Å²) < 4.78 is 25.5. The van der Waals surface area contributed by atoms with Crippen LogP contribution >= 0.6 is 11.8 Å². The van der Waals surface area contributed by atoms with Gasteiger partial charge in [-0.1, -0.05) is 84.2 Å². The van der Waals surface area contributed by atoms with Crippen molar-refractivity contribution in [2.75, 3.05) is 33.5 Å². The summed E-state index contributed by atoms with van der Waals surface area (Å²) in [7, 11) is 1.80. The van der Waals surface area contributed by atoms with Crippen LogP contribution in [-0.4, -0.2) is 51.0 Å². The van der Waals surface area contributed by atoms with Crippen molar-refractivity contribution in [3.05, 3.63) is 64.2 Å². The minimum atomic E-state index is -0.0231. The van der Waals surface area contributed by atoms with Gasteiger partial charge in [0, 0.05) is 30.6 Å². The Bertz CT molecular complexity index is 1010. The van der Waals surface area contributed by atoms with E-state index in [2.05, 4.69) is 77.9 Å². The minimum Gasteiger partial charge on any atom is -0.496 e. The molecular weight excluding hydrogens is 528 g/mol. The van der Waals surface area contributed by atoms with E-state index in [9.17, 15) is 0 Å². The van der Waals surface area contributed by atoms with Crippen molar-refractivity contribution in [1.29, 1.82) is 0 Å². The Labute approximate surface area is 255 Å². The molecule has 3 rings (SSSR count). The van der Waals surface area contributed by atoms with Gasteiger partial charge in [-0.15, -0.1) is 11.8 Å². The molecule has 0 N–H and O–H groups in total. The number of rotatable bonds is 18. The van der Waals surface area contributed by atoms with Crippen LogP contribution in [0.3, 0.4) is 0 Å². The summed E-state index contributed by atoms with van der Waals surface area (Å²) in [5.74, 6) is 1.49. The maximum absolute atomic E-state index is 6.71. The zero-order valence-electron chi connectivity index (χ0n) is 26.9. The van der Waals surface area contributed by atoms with Crippen molar-refractivity contribution < 1.29 is 18.9 Å². The van der Waals surface area contributed by atoms with E-state index >= 15 is 0 Å². The predicted molar refractivity (Wildman–Crippen MR) is 175 cm³/mol. The summed E-state index contributed by atoms with van der Waals surface area (Å²) in [5, 5.41) is 0.470. The fourth-order valence-corrected chi connectivity index (χ4v) is 7.05. The number of aryl methyl sites for hydroxylation is 1. The van der Waals surface area contributed by atoms with Gasteiger partial charge in [-0.3, -0.25) is 0 Å². The maximum Gasteiger partial charge on any atom is 0.123 e. The molecule has 0 spiro atoms. The first-order chi connectivity index (χ1) is 19.9. The molecule has 4 nitrogen and oxygen atoms in total. The predicted octanol–water partition coefficient (Wildman–Crippen LogP) is 9.45. The molecule has 1 saturated heterocycles. The lowest BCUT2D eigenvalue weighted by atomic mass is 9.92. The molecule has 5 heteroatoms. The first-order valence-electron chi connectivity index (χ1n) is 16.1. The molecule has 41 heavy (non-hydrogen) atoms. The third kappa shape index (κ3) is 10.3. The zero-order chi connectivity index (χ0) is 29.6. The summed E-state index contributed by atoms with van der Waals surface area (Å²) in [6.07, 6.45) is 8.51. The fraction of sp³-hybridized carbons (Fsp3) is 0.667. The van der Waals surface area contributed by atoms with Crippen LogP contribution in [0.2, 0.25) is 0 Å². The second-order valence-corrected chi connectivity index (χ2v) is 13.3. The monoisotopic (exact) mass is 584 g/mol. The average Bonchev–Trinajstić information content (AvgIpc) is 2.97. The molecule has 1 fully saturated rings. The molecule has 0 saturated carbocycles. The van der Waals surface area contributed by atoms with E-state index in [0.717, 1.165) is 83.5 Å². The van der Waals surface area contributed by atoms with Crippen molar-refractivity contribution in [1.82, 2.24) is 0 Å². The third-order valence-corrected chi connectivity index (χ3v) is 9.65. The quantitative estimate of drug-likeness (QED) is 0.163. The van der Waals surface area contributed by atoms with Gasteiger partial charge in [-0.2, -0.15) is 0 Å². The van der Waals surface area contributed by atoms with Crippen LogP contribution in [0.25, 0.3) is 0 Å². The smallest absolute Gasteiger partial charge is 0.123 e. The first-order valence-corrected chi connectivity index (χ1v) is 17.1. The Morgan fingerprint density at radius 2 is 1.54 bits per heavy atom. The summed E-state index contributed by atoms with van der Waals surface area (Å²) >= 11 is 2.00. The Kier molecular flexibility index (Phi) is 15.1. The van der Waals surface area contributed by atoms with Crippen LogP contribution in [0.5, 0.6) is 5.75 Å². The van der Waals surface area contributed by atoms with Gasteiger partial charge in [0.15, 0.2) is 0 Å². The molecule has 230 valence electrons. The largest absolute Gasteiger partial charge is 0.496 e. The molecule has 0 aliphatic carbocycles. The Morgan fingerprint density at radius 3 is 2.17 bits per heavy atom. The van der Waals surface area contributed by atoms with Gasteiger partial charge in [0.1, 0.15) is 5.75 Å². The topological polar surface area (TPSA) is 36.9 Å². The number of thioether (sulfide) groups is 1. The minimum absolute atomic E-state index is 0.0231. The number of benzene rings is 2. The van der Waals surface area contributed by atoms with Crippen LogP contribution in [0, 0.1) is 6.92 Å². The van der Waals surface area contributed by atoms with E-state index in [4.69, 9.17) is 18.9 Å². The molecule has 1 heterocycles. The van der Waals surface area contributed by atoms with Gasteiger partial charge in [-0.25, -0.2) is 0 Å². The van der Waals surface area contributed by atoms with E-state index in [-0.39, 0.29) is 17.5 Å². The standard InChI is InChI=1S/C36H56O4S/c1-8-11-18-38-25-31-24-34(39-19-12-9-2)35(40-20-13-10-3)36(41-31)32-23-30(27(6)21-33(32)37-7)22-28-14-16-29(17-15-28)26(4)5/h14-17,21,23,26,31,34-36H,8-13,18-20,22,24-25H2,1-7H3/t31-,34?,35+,36-/m0/s1. The van der Waals surface area contributed by atoms with Gasteiger partial charge in [0.2, 0.25) is 0 Å². The molecule has 2 aromatic rings. The van der Waals surface area contributed by atoms with Crippen molar-refractivity contribution in [3.63, 3.8) is 0 Å². The number of methoxy groups -OCH3 is 1. The third-order valence-electron chi connectivity index (χ3n) is 8.12. The van der Waals surface area contributed by atoms with E-state index < -0.39 is 0 Å². The number of ether oxygens (including phenoxy) is 4. The van der Waals surface area contributed by atoms with E-state index in [1.807, 2.05) is 11.8 Å². The van der Waals surface area contributed by atoms with Crippen molar-refractivity contribution in [3.8, 4) is 5.75 Å². The highest BCUT2D eigenvalue weighted by molar-refractivity contribution is 8.00. The van der Waals surface area contributed by atoms with Gasteiger partial charge < -0.3 is 18.9 Å². The molecule has 2 aromatic carbocycles. The lowest BCUT2D eigenvalue weighted by Crippen LogP contribution is -2.44. The second kappa shape index (κ2) is 18.2. The van der Waals surface area contributed by atoms with Crippen LogP contribution in [0.15, 0.2) is 36.4 Å². The molecule has 1 aliphatic rings. The van der Waals surface area contributed by atoms with Crippen LogP contribution in [0.4, 0.5) is 0 Å². The molecule has 0 bridgehead atoms. The highest BCUT2D eigenvalue weighted by Crippen LogP contribution is 2.49. The zero-order valence-corrected chi connectivity index (χ0v) is 27.7. The lowest BCUT2D eigenvalue weighted by molar-refractivity contribution is -0.0842. The SMILES string of the molecule is CCCCOC[C@@H]1CC(OCCCC)[C@@H](OCCCC)[C@H](c2cc(Cc3ccc(C(C)C)cc3)c(C)cc2OC)S1. The van der Waals surface area contributed by atoms with Gasteiger partial charge in [0.05, 0.1) is 31.2 Å². The Balaban J connectivity index is 1.96. The number of unbranched alkanes of at least 4 members (excludes halogenated alkanes) is 3. The highest BCUT2D eigenvalue weighted by Gasteiger charge is 2.42. The molecular formula is C36H56O4S. The highest BCUT2D eigenvalue weighted by atomic mass is 32.2. The van der Waals surface area contributed by atoms with E-state index in [0.29, 0.717) is 11.2 Å². The van der Waals surface area contributed by atoms with Crippen molar-refractivity contribution >= 4 is 11.8 Å². The molecule has 1 unspecified atom stereocenters. The van der Waals surface area contributed by atoms with Crippen LogP contribution in [0.1, 0.15) is 119 Å². The molecule has 0 amide bonds. The molecule has 0 aromatic heterocycles. The summed E-state index contributed by atoms with van der Waals surface area (Å²) in [4.78, 5) is 0.